The van der Waals surface area contributed by atoms with Gasteiger partial charge in [-0.1, -0.05) is 0 Å². The third-order valence-corrected chi connectivity index (χ3v) is 3.75. The third kappa shape index (κ3) is 5.14. The summed E-state index contributed by atoms with van der Waals surface area (Å²) in [6, 6.07) is 0.747. The summed E-state index contributed by atoms with van der Waals surface area (Å²) in [4.78, 5) is 0. The molecule has 1 nitrogen and oxygen atoms in total. The van der Waals surface area contributed by atoms with Gasteiger partial charge in [0.05, 0.1) is 0 Å². The molecule has 1 aliphatic rings. The van der Waals surface area contributed by atoms with E-state index in [2.05, 4.69) is 11.6 Å². The zero-order valence-electron chi connectivity index (χ0n) is 8.39. The summed E-state index contributed by atoms with van der Waals surface area (Å²) >= 11 is 7.96. The highest BCUT2D eigenvalue weighted by Gasteiger charge is 2.18. The molecule has 1 fully saturated rings. The summed E-state index contributed by atoms with van der Waals surface area (Å²) in [6.45, 7) is 1.18. The normalized spacial score (nSPS) is 29.1. The standard InChI is InChI=1S/C10H20ClNS/c1-13-8-2-7-12-10-5-3-9(11)4-6-10/h9-10,12H,2-8H2,1H3. The van der Waals surface area contributed by atoms with Gasteiger partial charge in [-0.2, -0.15) is 11.8 Å². The summed E-state index contributed by atoms with van der Waals surface area (Å²) in [7, 11) is 0. The lowest BCUT2D eigenvalue weighted by atomic mass is 9.95. The maximum atomic E-state index is 6.03. The van der Waals surface area contributed by atoms with Crippen molar-refractivity contribution in [1.29, 1.82) is 0 Å². The van der Waals surface area contributed by atoms with E-state index in [1.165, 1.54) is 44.4 Å². The summed E-state index contributed by atoms with van der Waals surface area (Å²) < 4.78 is 0. The number of hydrogen-bond acceptors (Lipinski definition) is 2. The van der Waals surface area contributed by atoms with Crippen molar-refractivity contribution in [1.82, 2.24) is 5.32 Å². The minimum atomic E-state index is 0.448. The van der Waals surface area contributed by atoms with E-state index in [1.54, 1.807) is 0 Å². The number of rotatable bonds is 5. The van der Waals surface area contributed by atoms with Crippen molar-refractivity contribution in [2.45, 2.75) is 43.5 Å². The molecule has 1 rings (SSSR count). The Labute approximate surface area is 91.0 Å². The Morgan fingerprint density at radius 1 is 1.31 bits per heavy atom. The predicted molar refractivity (Wildman–Crippen MR) is 62.9 cm³/mol. The Balaban J connectivity index is 1.96. The molecule has 0 heterocycles. The molecule has 0 aromatic heterocycles. The van der Waals surface area contributed by atoms with Gasteiger partial charge in [0.25, 0.3) is 0 Å². The van der Waals surface area contributed by atoms with Crippen LogP contribution in [-0.4, -0.2) is 30.0 Å². The molecule has 0 unspecified atom stereocenters. The lowest BCUT2D eigenvalue weighted by Crippen LogP contribution is -2.34. The van der Waals surface area contributed by atoms with Crippen molar-refractivity contribution >= 4 is 23.4 Å². The molecule has 0 aliphatic heterocycles. The summed E-state index contributed by atoms with van der Waals surface area (Å²) in [5.41, 5.74) is 0. The Morgan fingerprint density at radius 3 is 2.62 bits per heavy atom. The van der Waals surface area contributed by atoms with E-state index < -0.39 is 0 Å². The summed E-state index contributed by atoms with van der Waals surface area (Å²) in [6.07, 6.45) is 8.39. The van der Waals surface area contributed by atoms with Crippen LogP contribution in [0.3, 0.4) is 0 Å². The molecule has 0 amide bonds. The van der Waals surface area contributed by atoms with Gasteiger partial charge >= 0.3 is 0 Å². The first-order valence-electron chi connectivity index (χ1n) is 5.19. The van der Waals surface area contributed by atoms with E-state index in [-0.39, 0.29) is 0 Å². The number of nitrogens with one attached hydrogen (secondary N) is 1. The fourth-order valence-electron chi connectivity index (χ4n) is 1.78. The zero-order valence-corrected chi connectivity index (χ0v) is 9.96. The topological polar surface area (TPSA) is 12.0 Å². The molecule has 3 heteroatoms. The first-order valence-corrected chi connectivity index (χ1v) is 7.02. The molecular formula is C10H20ClNS. The minimum absolute atomic E-state index is 0.448. The molecule has 0 aromatic rings. The van der Waals surface area contributed by atoms with Gasteiger partial charge in [0, 0.05) is 11.4 Å². The molecule has 0 bridgehead atoms. The van der Waals surface area contributed by atoms with Crippen molar-refractivity contribution in [2.24, 2.45) is 0 Å². The van der Waals surface area contributed by atoms with Crippen LogP contribution >= 0.6 is 23.4 Å². The van der Waals surface area contributed by atoms with Crippen molar-refractivity contribution in [3.63, 3.8) is 0 Å². The maximum absolute atomic E-state index is 6.03. The van der Waals surface area contributed by atoms with Crippen LogP contribution in [0.25, 0.3) is 0 Å². The van der Waals surface area contributed by atoms with Crippen LogP contribution in [0.2, 0.25) is 0 Å². The Bertz CT molecular complexity index is 124. The number of thioether (sulfide) groups is 1. The maximum Gasteiger partial charge on any atom is 0.0337 e. The van der Waals surface area contributed by atoms with Crippen LogP contribution in [0.15, 0.2) is 0 Å². The van der Waals surface area contributed by atoms with Crippen LogP contribution in [0.1, 0.15) is 32.1 Å². The molecule has 0 radical (unpaired) electrons. The second-order valence-corrected chi connectivity index (χ2v) is 5.35. The molecule has 1 aliphatic carbocycles. The van der Waals surface area contributed by atoms with Crippen LogP contribution < -0.4 is 5.32 Å². The first kappa shape index (κ1) is 11.7. The molecule has 78 valence electrons. The second kappa shape index (κ2) is 6.97. The van der Waals surface area contributed by atoms with Crippen LogP contribution in [0.5, 0.6) is 0 Å². The highest BCUT2D eigenvalue weighted by Crippen LogP contribution is 2.22. The highest BCUT2D eigenvalue weighted by atomic mass is 35.5. The van der Waals surface area contributed by atoms with E-state index in [0.717, 1.165) is 6.04 Å². The van der Waals surface area contributed by atoms with Crippen LogP contribution in [0.4, 0.5) is 0 Å². The molecule has 13 heavy (non-hydrogen) atoms. The van der Waals surface area contributed by atoms with Crippen molar-refractivity contribution in [2.75, 3.05) is 18.6 Å². The van der Waals surface area contributed by atoms with Gasteiger partial charge in [-0.25, -0.2) is 0 Å². The zero-order chi connectivity index (χ0) is 9.52. The lowest BCUT2D eigenvalue weighted by Gasteiger charge is -2.25. The van der Waals surface area contributed by atoms with Gasteiger partial charge in [0.1, 0.15) is 0 Å². The largest absolute Gasteiger partial charge is 0.314 e. The molecule has 0 aromatic carbocycles. The molecule has 1 saturated carbocycles. The Kier molecular flexibility index (Phi) is 6.26. The summed E-state index contributed by atoms with van der Waals surface area (Å²) in [5, 5.41) is 4.05. The summed E-state index contributed by atoms with van der Waals surface area (Å²) in [5.74, 6) is 1.28. The van der Waals surface area contributed by atoms with E-state index in [0.29, 0.717) is 5.38 Å². The van der Waals surface area contributed by atoms with Crippen molar-refractivity contribution in [3.8, 4) is 0 Å². The van der Waals surface area contributed by atoms with Gasteiger partial charge < -0.3 is 5.32 Å². The fraction of sp³-hybridized carbons (Fsp3) is 1.00. The molecular weight excluding hydrogens is 202 g/mol. The first-order chi connectivity index (χ1) is 6.33. The van der Waals surface area contributed by atoms with Gasteiger partial charge in [0.2, 0.25) is 0 Å². The Morgan fingerprint density at radius 2 is 2.00 bits per heavy atom. The molecule has 0 atom stereocenters. The number of halogens is 1. The molecule has 1 N–H and O–H groups in total. The smallest absolute Gasteiger partial charge is 0.0337 e. The average molecular weight is 222 g/mol. The van der Waals surface area contributed by atoms with E-state index in [1.807, 2.05) is 11.8 Å². The average Bonchev–Trinajstić information content (AvgIpc) is 2.15. The van der Waals surface area contributed by atoms with E-state index in [9.17, 15) is 0 Å². The number of alkyl halides is 1. The van der Waals surface area contributed by atoms with Gasteiger partial charge in [0.15, 0.2) is 0 Å². The monoisotopic (exact) mass is 221 g/mol. The van der Waals surface area contributed by atoms with Crippen LogP contribution in [0, 0.1) is 0 Å². The predicted octanol–water partition coefficient (Wildman–Crippen LogP) is 2.88. The second-order valence-electron chi connectivity index (χ2n) is 3.75. The van der Waals surface area contributed by atoms with Crippen molar-refractivity contribution < 1.29 is 0 Å². The quantitative estimate of drug-likeness (QED) is 0.566. The third-order valence-electron chi connectivity index (χ3n) is 2.61. The molecule has 0 spiro atoms. The van der Waals surface area contributed by atoms with E-state index >= 15 is 0 Å². The highest BCUT2D eigenvalue weighted by molar-refractivity contribution is 7.98. The van der Waals surface area contributed by atoms with Crippen molar-refractivity contribution in [3.05, 3.63) is 0 Å². The fourth-order valence-corrected chi connectivity index (χ4v) is 2.46. The van der Waals surface area contributed by atoms with Crippen LogP contribution in [-0.2, 0) is 0 Å². The number of hydrogen-bond donors (Lipinski definition) is 1. The Hall–Kier alpha value is 0.600. The minimum Gasteiger partial charge on any atom is -0.314 e. The van der Waals surface area contributed by atoms with E-state index in [4.69, 9.17) is 11.6 Å². The molecule has 0 saturated heterocycles. The van der Waals surface area contributed by atoms with Gasteiger partial charge in [-0.15, -0.1) is 11.6 Å². The SMILES string of the molecule is CSCCCNC1CCC(Cl)CC1. The lowest BCUT2D eigenvalue weighted by molar-refractivity contribution is 0.378. The van der Waals surface area contributed by atoms with Gasteiger partial charge in [-0.3, -0.25) is 0 Å². The van der Waals surface area contributed by atoms with Gasteiger partial charge in [-0.05, 0) is 50.7 Å².